The zero-order valence-electron chi connectivity index (χ0n) is 11.9. The van der Waals surface area contributed by atoms with E-state index in [2.05, 4.69) is 34.4 Å². The van der Waals surface area contributed by atoms with E-state index in [0.29, 0.717) is 6.61 Å². The van der Waals surface area contributed by atoms with E-state index in [-0.39, 0.29) is 0 Å². The van der Waals surface area contributed by atoms with E-state index in [1.807, 2.05) is 11.3 Å². The summed E-state index contributed by atoms with van der Waals surface area (Å²) >= 11 is 1.86. The Morgan fingerprint density at radius 2 is 2.21 bits per heavy atom. The van der Waals surface area contributed by atoms with Crippen molar-refractivity contribution in [2.24, 2.45) is 5.92 Å². The van der Waals surface area contributed by atoms with Gasteiger partial charge in [-0.2, -0.15) is 0 Å². The summed E-state index contributed by atoms with van der Waals surface area (Å²) in [5.41, 5.74) is 0. The fourth-order valence-electron chi connectivity index (χ4n) is 2.82. The van der Waals surface area contributed by atoms with Gasteiger partial charge < -0.3 is 14.9 Å². The molecule has 3 nitrogen and oxygen atoms in total. The van der Waals surface area contributed by atoms with Crippen molar-refractivity contribution in [3.63, 3.8) is 0 Å². The van der Waals surface area contributed by atoms with Crippen LogP contribution in [-0.2, 0) is 6.42 Å². The molecule has 0 bridgehead atoms. The van der Waals surface area contributed by atoms with Crippen LogP contribution in [0.15, 0.2) is 17.5 Å². The zero-order valence-corrected chi connectivity index (χ0v) is 12.7. The lowest BCUT2D eigenvalue weighted by Crippen LogP contribution is -2.39. The van der Waals surface area contributed by atoms with Gasteiger partial charge in [-0.25, -0.2) is 0 Å². The van der Waals surface area contributed by atoms with Crippen molar-refractivity contribution < 1.29 is 5.11 Å². The predicted octanol–water partition coefficient (Wildman–Crippen LogP) is 1.93. The third kappa shape index (κ3) is 5.22. The first-order chi connectivity index (χ1) is 9.28. The molecule has 0 spiro atoms. The summed E-state index contributed by atoms with van der Waals surface area (Å²) < 4.78 is 0. The van der Waals surface area contributed by atoms with Crippen LogP contribution in [0.1, 0.15) is 17.7 Å². The van der Waals surface area contributed by atoms with Gasteiger partial charge in [-0.15, -0.1) is 11.3 Å². The van der Waals surface area contributed by atoms with Crippen LogP contribution in [0.5, 0.6) is 0 Å². The van der Waals surface area contributed by atoms with Gasteiger partial charge in [0, 0.05) is 24.5 Å². The molecule has 1 aliphatic rings. The number of hydrogen-bond donors (Lipinski definition) is 1. The Morgan fingerprint density at radius 1 is 1.42 bits per heavy atom. The second-order valence-corrected chi connectivity index (χ2v) is 6.63. The van der Waals surface area contributed by atoms with Crippen LogP contribution in [0, 0.1) is 5.92 Å². The molecule has 1 aromatic heterocycles. The summed E-state index contributed by atoms with van der Waals surface area (Å²) in [6, 6.07) is 4.36. The van der Waals surface area contributed by atoms with Crippen molar-refractivity contribution in [3.05, 3.63) is 22.4 Å². The molecule has 1 fully saturated rings. The number of thiophene rings is 1. The number of likely N-dealkylation sites (tertiary alicyclic amines) is 1. The van der Waals surface area contributed by atoms with Crippen LogP contribution in [0.25, 0.3) is 0 Å². The van der Waals surface area contributed by atoms with Gasteiger partial charge in [-0.1, -0.05) is 6.07 Å². The van der Waals surface area contributed by atoms with Gasteiger partial charge in [0.05, 0.1) is 6.61 Å². The van der Waals surface area contributed by atoms with Crippen LogP contribution in [-0.4, -0.2) is 61.3 Å². The second kappa shape index (κ2) is 8.00. The van der Waals surface area contributed by atoms with Gasteiger partial charge >= 0.3 is 0 Å². The molecule has 0 saturated carbocycles. The normalized spacial score (nSPS) is 18.3. The average molecular weight is 282 g/mol. The van der Waals surface area contributed by atoms with Crippen molar-refractivity contribution in [1.82, 2.24) is 9.80 Å². The van der Waals surface area contributed by atoms with E-state index in [4.69, 9.17) is 5.11 Å². The number of hydrogen-bond acceptors (Lipinski definition) is 4. The minimum atomic E-state index is 0.297. The van der Waals surface area contributed by atoms with E-state index in [1.165, 1.54) is 30.7 Å². The van der Waals surface area contributed by atoms with Crippen LogP contribution in [0.2, 0.25) is 0 Å². The van der Waals surface area contributed by atoms with Gasteiger partial charge in [0.1, 0.15) is 0 Å². The fraction of sp³-hybridized carbons (Fsp3) is 0.733. The largest absolute Gasteiger partial charge is 0.395 e. The Hall–Kier alpha value is -0.420. The molecule has 1 N–H and O–H groups in total. The van der Waals surface area contributed by atoms with Crippen molar-refractivity contribution in [2.75, 3.05) is 46.4 Å². The summed E-state index contributed by atoms with van der Waals surface area (Å²) in [5.74, 6) is 0.836. The molecule has 0 amide bonds. The Kier molecular flexibility index (Phi) is 6.31. The van der Waals surface area contributed by atoms with Crippen molar-refractivity contribution in [1.29, 1.82) is 0 Å². The van der Waals surface area contributed by atoms with Gasteiger partial charge in [-0.05, 0) is 56.8 Å². The molecule has 1 aliphatic heterocycles. The Bertz CT molecular complexity index is 334. The summed E-state index contributed by atoms with van der Waals surface area (Å²) in [4.78, 5) is 6.35. The first-order valence-electron chi connectivity index (χ1n) is 7.32. The zero-order chi connectivity index (χ0) is 13.5. The lowest BCUT2D eigenvalue weighted by molar-refractivity contribution is 0.131. The molecule has 2 heterocycles. The number of piperidine rings is 1. The molecule has 108 valence electrons. The Labute approximate surface area is 120 Å². The quantitative estimate of drug-likeness (QED) is 0.828. The SMILES string of the molecule is CN(CCc1cccs1)CC1CCN(CCO)CC1. The summed E-state index contributed by atoms with van der Waals surface area (Å²) in [7, 11) is 2.24. The van der Waals surface area contributed by atoms with E-state index >= 15 is 0 Å². The smallest absolute Gasteiger partial charge is 0.0558 e. The van der Waals surface area contributed by atoms with E-state index in [9.17, 15) is 0 Å². The number of β-amino-alcohol motifs (C(OH)–C–C–N with tert-alkyl or cyclic N) is 1. The average Bonchev–Trinajstić information content (AvgIpc) is 2.92. The molecule has 2 rings (SSSR count). The van der Waals surface area contributed by atoms with Gasteiger partial charge in [0.2, 0.25) is 0 Å². The van der Waals surface area contributed by atoms with Gasteiger partial charge in [0.25, 0.3) is 0 Å². The second-order valence-electron chi connectivity index (χ2n) is 5.60. The lowest BCUT2D eigenvalue weighted by atomic mass is 9.96. The molecule has 0 unspecified atom stereocenters. The predicted molar refractivity (Wildman–Crippen MR) is 81.8 cm³/mol. The molecule has 19 heavy (non-hydrogen) atoms. The summed E-state index contributed by atoms with van der Waals surface area (Å²) in [6.07, 6.45) is 3.74. The van der Waals surface area contributed by atoms with Crippen LogP contribution >= 0.6 is 11.3 Å². The van der Waals surface area contributed by atoms with Crippen LogP contribution in [0.3, 0.4) is 0 Å². The molecule has 0 aromatic carbocycles. The number of aliphatic hydroxyl groups excluding tert-OH is 1. The van der Waals surface area contributed by atoms with Crippen molar-refractivity contribution >= 4 is 11.3 Å². The number of aliphatic hydroxyl groups is 1. The van der Waals surface area contributed by atoms with E-state index in [0.717, 1.165) is 32.1 Å². The molecule has 4 heteroatoms. The van der Waals surface area contributed by atoms with E-state index < -0.39 is 0 Å². The summed E-state index contributed by atoms with van der Waals surface area (Å²) in [5, 5.41) is 11.1. The molecular formula is C15H26N2OS. The van der Waals surface area contributed by atoms with Crippen LogP contribution < -0.4 is 0 Å². The standard InChI is InChI=1S/C15H26N2OS/c1-16(7-6-15-3-2-12-19-15)13-14-4-8-17(9-5-14)10-11-18/h2-3,12,14,18H,4-11,13H2,1H3. The molecule has 0 radical (unpaired) electrons. The highest BCUT2D eigenvalue weighted by atomic mass is 32.1. The van der Waals surface area contributed by atoms with E-state index in [1.54, 1.807) is 0 Å². The molecule has 0 aliphatic carbocycles. The third-order valence-electron chi connectivity index (χ3n) is 4.01. The minimum Gasteiger partial charge on any atom is -0.395 e. The first-order valence-corrected chi connectivity index (χ1v) is 8.20. The monoisotopic (exact) mass is 282 g/mol. The highest BCUT2D eigenvalue weighted by molar-refractivity contribution is 7.09. The number of nitrogens with zero attached hydrogens (tertiary/aromatic N) is 2. The highest BCUT2D eigenvalue weighted by Crippen LogP contribution is 2.18. The fourth-order valence-corrected chi connectivity index (χ4v) is 3.52. The minimum absolute atomic E-state index is 0.297. The first kappa shape index (κ1) is 15.0. The lowest BCUT2D eigenvalue weighted by Gasteiger charge is -2.33. The van der Waals surface area contributed by atoms with Crippen molar-refractivity contribution in [2.45, 2.75) is 19.3 Å². The van der Waals surface area contributed by atoms with Gasteiger partial charge in [0.15, 0.2) is 0 Å². The van der Waals surface area contributed by atoms with Crippen molar-refractivity contribution in [3.8, 4) is 0 Å². The molecular weight excluding hydrogens is 256 g/mol. The number of likely N-dealkylation sites (N-methyl/N-ethyl adjacent to an activating group) is 1. The topological polar surface area (TPSA) is 26.7 Å². The van der Waals surface area contributed by atoms with Gasteiger partial charge in [-0.3, -0.25) is 0 Å². The highest BCUT2D eigenvalue weighted by Gasteiger charge is 2.19. The Morgan fingerprint density at radius 3 is 2.84 bits per heavy atom. The Balaban J connectivity index is 1.62. The maximum Gasteiger partial charge on any atom is 0.0558 e. The third-order valence-corrected chi connectivity index (χ3v) is 4.95. The maximum atomic E-state index is 8.94. The molecule has 0 atom stereocenters. The summed E-state index contributed by atoms with van der Waals surface area (Å²) in [6.45, 7) is 5.84. The molecule has 1 aromatic rings. The molecule has 1 saturated heterocycles. The maximum absolute atomic E-state index is 8.94. The van der Waals surface area contributed by atoms with Crippen LogP contribution in [0.4, 0.5) is 0 Å². The number of rotatable bonds is 7.